The summed E-state index contributed by atoms with van der Waals surface area (Å²) in [6, 6.07) is 5.13. The second-order valence-electron chi connectivity index (χ2n) is 5.87. The highest BCUT2D eigenvalue weighted by atomic mass is 19.4. The summed E-state index contributed by atoms with van der Waals surface area (Å²) in [7, 11) is 1.51. The van der Waals surface area contributed by atoms with Crippen LogP contribution in [-0.2, 0) is 16.0 Å². The van der Waals surface area contributed by atoms with Crippen LogP contribution in [0.25, 0.3) is 11.0 Å². The molecule has 0 aliphatic rings. The summed E-state index contributed by atoms with van der Waals surface area (Å²) in [5, 5.41) is 3.19. The van der Waals surface area contributed by atoms with Gasteiger partial charge in [0.2, 0.25) is 5.91 Å². The topological polar surface area (TPSA) is 77.8 Å². The van der Waals surface area contributed by atoms with Crippen LogP contribution in [0.2, 0.25) is 0 Å². The molecule has 27 heavy (non-hydrogen) atoms. The highest BCUT2D eigenvalue weighted by Gasteiger charge is 2.27. The van der Waals surface area contributed by atoms with Crippen molar-refractivity contribution in [1.82, 2.24) is 5.32 Å². The Hall–Kier alpha value is -2.55. The van der Waals surface area contributed by atoms with E-state index in [1.54, 1.807) is 25.1 Å². The molecule has 1 heterocycles. The second-order valence-corrected chi connectivity index (χ2v) is 5.87. The minimum Gasteiger partial charge on any atom is -0.497 e. The maximum atomic E-state index is 12.2. The first-order valence-electron chi connectivity index (χ1n) is 8.23. The van der Waals surface area contributed by atoms with Crippen LogP contribution in [0.1, 0.15) is 17.5 Å². The van der Waals surface area contributed by atoms with E-state index in [0.29, 0.717) is 22.5 Å². The van der Waals surface area contributed by atoms with Crippen molar-refractivity contribution >= 4 is 16.9 Å². The first-order chi connectivity index (χ1) is 12.7. The number of methoxy groups -OCH3 is 1. The third-order valence-corrected chi connectivity index (χ3v) is 3.93. The maximum Gasteiger partial charge on any atom is 0.411 e. The summed E-state index contributed by atoms with van der Waals surface area (Å²) < 4.78 is 50.6. The molecule has 2 rings (SSSR count). The van der Waals surface area contributed by atoms with Gasteiger partial charge in [0.25, 0.3) is 0 Å². The first kappa shape index (κ1) is 20.8. The van der Waals surface area contributed by atoms with Gasteiger partial charge < -0.3 is 19.2 Å². The molecule has 0 aliphatic carbocycles. The molecule has 0 saturated heterocycles. The first-order valence-corrected chi connectivity index (χ1v) is 8.23. The zero-order valence-electron chi connectivity index (χ0n) is 14.9. The minimum absolute atomic E-state index is 0.00648. The van der Waals surface area contributed by atoms with Crippen LogP contribution in [0.3, 0.4) is 0 Å². The molecule has 0 atom stereocenters. The van der Waals surface area contributed by atoms with E-state index >= 15 is 0 Å². The van der Waals surface area contributed by atoms with Gasteiger partial charge in [-0.25, -0.2) is 4.79 Å². The predicted octanol–water partition coefficient (Wildman–Crippen LogP) is 2.74. The van der Waals surface area contributed by atoms with E-state index in [1.165, 1.54) is 7.11 Å². The monoisotopic (exact) mass is 387 g/mol. The van der Waals surface area contributed by atoms with Gasteiger partial charge in [0.15, 0.2) is 0 Å². The number of nitrogens with one attached hydrogen (secondary N) is 1. The number of carbonyl (C=O) groups is 1. The van der Waals surface area contributed by atoms with E-state index in [-0.39, 0.29) is 31.9 Å². The van der Waals surface area contributed by atoms with Crippen molar-refractivity contribution in [3.8, 4) is 5.75 Å². The van der Waals surface area contributed by atoms with Gasteiger partial charge >= 0.3 is 11.8 Å². The van der Waals surface area contributed by atoms with Crippen LogP contribution in [-0.4, -0.2) is 39.0 Å². The molecule has 0 radical (unpaired) electrons. The summed E-state index contributed by atoms with van der Waals surface area (Å²) in [5.74, 6) is 0.171. The number of hydrogen-bond donors (Lipinski definition) is 1. The molecule has 1 N–H and O–H groups in total. The Labute approximate surface area is 153 Å². The van der Waals surface area contributed by atoms with Crippen LogP contribution in [0, 0.1) is 6.92 Å². The SMILES string of the molecule is COc1ccc2c(C)c(CCC(=O)NCCOCC(F)(F)F)c(=O)oc2c1. The number of hydrogen-bond acceptors (Lipinski definition) is 5. The Kier molecular flexibility index (Phi) is 6.84. The Morgan fingerprint density at radius 1 is 1.30 bits per heavy atom. The van der Waals surface area contributed by atoms with Gasteiger partial charge in [0.1, 0.15) is 17.9 Å². The lowest BCUT2D eigenvalue weighted by Crippen LogP contribution is -2.29. The number of carbonyl (C=O) groups excluding carboxylic acids is 1. The summed E-state index contributed by atoms with van der Waals surface area (Å²) >= 11 is 0. The molecule has 0 spiro atoms. The van der Waals surface area contributed by atoms with Gasteiger partial charge in [0.05, 0.1) is 13.7 Å². The van der Waals surface area contributed by atoms with Gasteiger partial charge in [0, 0.05) is 30.0 Å². The Morgan fingerprint density at radius 2 is 2.04 bits per heavy atom. The molecular weight excluding hydrogens is 367 g/mol. The zero-order valence-corrected chi connectivity index (χ0v) is 14.9. The minimum atomic E-state index is -4.39. The van der Waals surface area contributed by atoms with Crippen LogP contribution < -0.4 is 15.7 Å². The van der Waals surface area contributed by atoms with Crippen molar-refractivity contribution in [3.63, 3.8) is 0 Å². The molecule has 0 aliphatic heterocycles. The molecule has 9 heteroatoms. The molecule has 6 nitrogen and oxygen atoms in total. The van der Waals surface area contributed by atoms with Gasteiger partial charge in [-0.15, -0.1) is 0 Å². The van der Waals surface area contributed by atoms with Gasteiger partial charge in [-0.1, -0.05) is 0 Å². The number of benzene rings is 1. The Balaban J connectivity index is 1.92. The number of fused-ring (bicyclic) bond motifs is 1. The third kappa shape index (κ3) is 5.99. The van der Waals surface area contributed by atoms with Crippen molar-refractivity contribution < 1.29 is 31.9 Å². The number of amides is 1. The number of alkyl halides is 3. The van der Waals surface area contributed by atoms with E-state index < -0.39 is 18.4 Å². The Bertz CT molecular complexity index is 860. The smallest absolute Gasteiger partial charge is 0.411 e. The Morgan fingerprint density at radius 3 is 2.70 bits per heavy atom. The lowest BCUT2D eigenvalue weighted by molar-refractivity contribution is -0.173. The highest BCUT2D eigenvalue weighted by Crippen LogP contribution is 2.24. The summed E-state index contributed by atoms with van der Waals surface area (Å²) in [6.07, 6.45) is -4.23. The van der Waals surface area contributed by atoms with Crippen molar-refractivity contribution in [2.45, 2.75) is 25.9 Å². The van der Waals surface area contributed by atoms with Crippen LogP contribution in [0.15, 0.2) is 27.4 Å². The summed E-state index contributed by atoms with van der Waals surface area (Å²) in [5.41, 5.74) is 0.961. The fraction of sp³-hybridized carbons (Fsp3) is 0.444. The molecule has 0 bridgehead atoms. The average molecular weight is 387 g/mol. The molecule has 1 aromatic carbocycles. The van der Waals surface area contributed by atoms with Crippen molar-refractivity contribution in [1.29, 1.82) is 0 Å². The lowest BCUT2D eigenvalue weighted by Gasteiger charge is -2.10. The summed E-state index contributed by atoms with van der Waals surface area (Å²) in [4.78, 5) is 24.0. The van der Waals surface area contributed by atoms with Crippen molar-refractivity contribution in [2.75, 3.05) is 26.9 Å². The van der Waals surface area contributed by atoms with E-state index in [9.17, 15) is 22.8 Å². The normalized spacial score (nSPS) is 11.6. The molecule has 0 fully saturated rings. The molecule has 148 valence electrons. The van der Waals surface area contributed by atoms with E-state index in [4.69, 9.17) is 9.15 Å². The number of ether oxygens (including phenoxy) is 2. The second kappa shape index (κ2) is 8.90. The number of halogens is 3. The predicted molar refractivity (Wildman–Crippen MR) is 92.0 cm³/mol. The molecule has 2 aromatic rings. The third-order valence-electron chi connectivity index (χ3n) is 3.93. The molecule has 1 amide bonds. The van der Waals surface area contributed by atoms with Crippen LogP contribution in [0.5, 0.6) is 5.75 Å². The number of rotatable bonds is 8. The molecule has 0 unspecified atom stereocenters. The fourth-order valence-electron chi connectivity index (χ4n) is 2.57. The molecule has 0 saturated carbocycles. The lowest BCUT2D eigenvalue weighted by atomic mass is 10.0. The van der Waals surface area contributed by atoms with E-state index in [1.807, 2.05) is 0 Å². The van der Waals surface area contributed by atoms with Gasteiger partial charge in [-0.05, 0) is 31.0 Å². The highest BCUT2D eigenvalue weighted by molar-refractivity contribution is 5.82. The standard InChI is InChI=1S/C18H20F3NO5/c1-11-13-4-3-12(25-2)9-15(13)27-17(24)14(11)5-6-16(23)22-7-8-26-10-18(19,20)21/h3-4,9H,5-8,10H2,1-2H3,(H,22,23). The van der Waals surface area contributed by atoms with E-state index in [2.05, 4.69) is 10.1 Å². The molecule has 1 aromatic heterocycles. The number of aryl methyl sites for hydroxylation is 1. The molecular formula is C18H20F3NO5. The quantitative estimate of drug-likeness (QED) is 0.557. The summed E-state index contributed by atoms with van der Waals surface area (Å²) in [6.45, 7) is 0.124. The largest absolute Gasteiger partial charge is 0.497 e. The fourth-order valence-corrected chi connectivity index (χ4v) is 2.57. The van der Waals surface area contributed by atoms with Crippen molar-refractivity contribution in [3.05, 3.63) is 39.7 Å². The zero-order chi connectivity index (χ0) is 20.0. The van der Waals surface area contributed by atoms with Crippen LogP contribution in [0.4, 0.5) is 13.2 Å². The van der Waals surface area contributed by atoms with Crippen LogP contribution >= 0.6 is 0 Å². The van der Waals surface area contributed by atoms with E-state index in [0.717, 1.165) is 5.39 Å². The average Bonchev–Trinajstić information content (AvgIpc) is 2.59. The maximum absolute atomic E-state index is 12.2. The van der Waals surface area contributed by atoms with Gasteiger partial charge in [-0.3, -0.25) is 4.79 Å². The van der Waals surface area contributed by atoms with Gasteiger partial charge in [-0.2, -0.15) is 13.2 Å². The van der Waals surface area contributed by atoms with Crippen molar-refractivity contribution in [2.24, 2.45) is 0 Å².